The highest BCUT2D eigenvalue weighted by Crippen LogP contribution is 2.33. The molecule has 1 unspecified atom stereocenters. The molecule has 1 atom stereocenters. The zero-order valence-corrected chi connectivity index (χ0v) is 12.5. The number of carbonyl (C=O) groups is 1. The Hall–Kier alpha value is -2.76. The van der Waals surface area contributed by atoms with Crippen molar-refractivity contribution < 1.29 is 27.5 Å². The average Bonchev–Trinajstić information content (AvgIpc) is 3.27. The molecule has 3 rings (SSSR count). The first-order valence-electron chi connectivity index (χ1n) is 7.03. The molecule has 0 saturated carbocycles. The summed E-state index contributed by atoms with van der Waals surface area (Å²) in [7, 11) is 0. The smallest absolute Gasteiger partial charge is 0.297 e. The first-order valence-corrected chi connectivity index (χ1v) is 7.03. The van der Waals surface area contributed by atoms with Crippen molar-refractivity contribution >= 4 is 11.6 Å². The number of rotatable bonds is 5. The largest absolute Gasteiger partial charge is 0.364 e. The van der Waals surface area contributed by atoms with Crippen molar-refractivity contribution in [2.45, 2.75) is 31.7 Å². The Morgan fingerprint density at radius 3 is 2.64 bits per heavy atom. The van der Waals surface area contributed by atoms with Crippen molar-refractivity contribution in [2.24, 2.45) is 5.10 Å². The Labute approximate surface area is 137 Å². The van der Waals surface area contributed by atoms with Crippen LogP contribution in [0.5, 0.6) is 0 Å². The van der Waals surface area contributed by atoms with E-state index in [1.165, 1.54) is 27.8 Å². The fraction of sp³-hybridized carbons (Fsp3) is 0.385. The van der Waals surface area contributed by atoms with Crippen LogP contribution in [-0.2, 0) is 6.67 Å². The number of hydrazone groups is 1. The standard InChI is InChI=1S/C13H12F4N6O2/c14-10(15)9-6-13(25,12(16)17)23(20-9)11(24)8-2-5-22(19-8)7-21-4-1-3-18-21/h1-5,10,12,25H,6-7H2. The molecule has 1 N–H and O–H groups in total. The first kappa shape index (κ1) is 17.1. The normalized spacial score (nSPS) is 20.6. The van der Waals surface area contributed by atoms with Crippen molar-refractivity contribution in [2.75, 3.05) is 0 Å². The molecule has 3 heterocycles. The molecular formula is C13H12F4N6O2. The molecule has 1 aliphatic rings. The molecule has 12 heteroatoms. The van der Waals surface area contributed by atoms with Crippen LogP contribution in [0.2, 0.25) is 0 Å². The summed E-state index contributed by atoms with van der Waals surface area (Å²) in [6.07, 6.45) is -3.24. The van der Waals surface area contributed by atoms with Gasteiger partial charge in [0.1, 0.15) is 12.4 Å². The maximum absolute atomic E-state index is 13.1. The van der Waals surface area contributed by atoms with E-state index >= 15 is 0 Å². The van der Waals surface area contributed by atoms with Crippen LogP contribution in [0.4, 0.5) is 17.6 Å². The molecule has 0 spiro atoms. The molecule has 134 valence electrons. The minimum Gasteiger partial charge on any atom is -0.364 e. The van der Waals surface area contributed by atoms with Gasteiger partial charge in [0.05, 0.1) is 0 Å². The number of hydrogen-bond acceptors (Lipinski definition) is 5. The lowest BCUT2D eigenvalue weighted by molar-refractivity contribution is -0.164. The quantitative estimate of drug-likeness (QED) is 0.806. The van der Waals surface area contributed by atoms with Gasteiger partial charge in [0, 0.05) is 25.0 Å². The van der Waals surface area contributed by atoms with E-state index in [1.807, 2.05) is 0 Å². The topological polar surface area (TPSA) is 88.5 Å². The van der Waals surface area contributed by atoms with Crippen molar-refractivity contribution in [3.8, 4) is 0 Å². The van der Waals surface area contributed by atoms with Crippen LogP contribution in [0.25, 0.3) is 0 Å². The van der Waals surface area contributed by atoms with Gasteiger partial charge in [0.25, 0.3) is 18.8 Å². The molecule has 0 radical (unpaired) electrons. The summed E-state index contributed by atoms with van der Waals surface area (Å²) in [5, 5.41) is 20.9. The fourth-order valence-electron chi connectivity index (χ4n) is 2.30. The monoisotopic (exact) mass is 360 g/mol. The Bertz CT molecular complexity index is 790. The summed E-state index contributed by atoms with van der Waals surface area (Å²) in [5.74, 6) is -1.21. The first-order chi connectivity index (χ1) is 11.8. The Morgan fingerprint density at radius 1 is 1.28 bits per heavy atom. The second-order valence-corrected chi connectivity index (χ2v) is 5.29. The van der Waals surface area contributed by atoms with E-state index in [2.05, 4.69) is 15.3 Å². The Kier molecular flexibility index (Phi) is 4.29. The van der Waals surface area contributed by atoms with Gasteiger partial charge in [0.2, 0.25) is 5.72 Å². The van der Waals surface area contributed by atoms with E-state index in [0.717, 1.165) is 0 Å². The van der Waals surface area contributed by atoms with Crippen LogP contribution in [0.15, 0.2) is 35.8 Å². The molecule has 2 aromatic heterocycles. The molecule has 1 aliphatic heterocycles. The summed E-state index contributed by atoms with van der Waals surface area (Å²) in [6, 6.07) is 2.87. The number of amides is 1. The maximum atomic E-state index is 13.1. The van der Waals surface area contributed by atoms with Crippen molar-refractivity contribution in [3.63, 3.8) is 0 Å². The molecule has 0 bridgehead atoms. The predicted molar refractivity (Wildman–Crippen MR) is 75.0 cm³/mol. The van der Waals surface area contributed by atoms with Gasteiger partial charge in [-0.05, 0) is 12.1 Å². The van der Waals surface area contributed by atoms with Gasteiger partial charge in [-0.25, -0.2) is 17.6 Å². The van der Waals surface area contributed by atoms with E-state index in [-0.39, 0.29) is 17.4 Å². The molecule has 1 amide bonds. The summed E-state index contributed by atoms with van der Waals surface area (Å²) >= 11 is 0. The molecular weight excluding hydrogens is 348 g/mol. The highest BCUT2D eigenvalue weighted by Gasteiger charge is 2.53. The number of nitrogens with zero attached hydrogens (tertiary/aromatic N) is 6. The van der Waals surface area contributed by atoms with Crippen molar-refractivity contribution in [3.05, 3.63) is 36.4 Å². The van der Waals surface area contributed by atoms with Crippen LogP contribution >= 0.6 is 0 Å². The van der Waals surface area contributed by atoms with E-state index in [9.17, 15) is 27.5 Å². The zero-order valence-electron chi connectivity index (χ0n) is 12.5. The average molecular weight is 360 g/mol. The maximum Gasteiger partial charge on any atom is 0.297 e. The van der Waals surface area contributed by atoms with E-state index in [4.69, 9.17) is 0 Å². The zero-order chi connectivity index (χ0) is 18.2. The summed E-state index contributed by atoms with van der Waals surface area (Å²) in [6.45, 7) is 0.144. The van der Waals surface area contributed by atoms with Crippen LogP contribution in [0.1, 0.15) is 16.9 Å². The van der Waals surface area contributed by atoms with Gasteiger partial charge in [-0.1, -0.05) is 0 Å². The summed E-state index contributed by atoms with van der Waals surface area (Å²) < 4.78 is 54.6. The minimum absolute atomic E-state index is 0.0280. The van der Waals surface area contributed by atoms with Crippen LogP contribution < -0.4 is 0 Å². The molecule has 0 saturated heterocycles. The summed E-state index contributed by atoms with van der Waals surface area (Å²) in [5.41, 5.74) is -4.45. The molecule has 25 heavy (non-hydrogen) atoms. The fourth-order valence-corrected chi connectivity index (χ4v) is 2.30. The third kappa shape index (κ3) is 3.12. The van der Waals surface area contributed by atoms with Crippen LogP contribution in [-0.4, -0.2) is 59.9 Å². The Balaban J connectivity index is 1.84. The van der Waals surface area contributed by atoms with E-state index in [1.54, 1.807) is 12.3 Å². The highest BCUT2D eigenvalue weighted by molar-refractivity contribution is 5.97. The highest BCUT2D eigenvalue weighted by atomic mass is 19.3. The number of halogens is 4. The lowest BCUT2D eigenvalue weighted by Crippen LogP contribution is -2.51. The van der Waals surface area contributed by atoms with E-state index < -0.39 is 36.6 Å². The molecule has 2 aromatic rings. The lowest BCUT2D eigenvalue weighted by Gasteiger charge is -2.29. The van der Waals surface area contributed by atoms with Gasteiger partial charge in [0.15, 0.2) is 5.69 Å². The van der Waals surface area contributed by atoms with Crippen LogP contribution in [0, 0.1) is 0 Å². The van der Waals surface area contributed by atoms with Crippen LogP contribution in [0.3, 0.4) is 0 Å². The lowest BCUT2D eigenvalue weighted by atomic mass is 10.1. The molecule has 0 aromatic carbocycles. The summed E-state index contributed by atoms with van der Waals surface area (Å²) in [4.78, 5) is 12.3. The predicted octanol–water partition coefficient (Wildman–Crippen LogP) is 1.01. The number of aromatic nitrogens is 4. The van der Waals surface area contributed by atoms with Gasteiger partial charge in [-0.15, -0.1) is 0 Å². The SMILES string of the molecule is O=C(c1ccn(Cn2cccn2)n1)N1N=C(C(F)F)CC1(O)C(F)F. The van der Waals surface area contributed by atoms with Crippen molar-refractivity contribution in [1.29, 1.82) is 0 Å². The third-order valence-electron chi connectivity index (χ3n) is 3.54. The number of alkyl halides is 4. The second kappa shape index (κ2) is 6.27. The second-order valence-electron chi connectivity index (χ2n) is 5.29. The molecule has 8 nitrogen and oxygen atoms in total. The number of aliphatic hydroxyl groups is 1. The van der Waals surface area contributed by atoms with Gasteiger partial charge in [-0.2, -0.15) is 20.3 Å². The Morgan fingerprint density at radius 2 is 2.04 bits per heavy atom. The third-order valence-corrected chi connectivity index (χ3v) is 3.54. The minimum atomic E-state index is -3.48. The van der Waals surface area contributed by atoms with Gasteiger partial charge >= 0.3 is 0 Å². The number of hydrogen-bond donors (Lipinski definition) is 1. The molecule has 0 aliphatic carbocycles. The van der Waals surface area contributed by atoms with E-state index in [0.29, 0.717) is 0 Å². The van der Waals surface area contributed by atoms with Crippen molar-refractivity contribution in [1.82, 2.24) is 24.6 Å². The van der Waals surface area contributed by atoms with Gasteiger partial charge < -0.3 is 5.11 Å². The molecule has 0 fully saturated rings. The van der Waals surface area contributed by atoms with Gasteiger partial charge in [-0.3, -0.25) is 14.2 Å². The number of carbonyl (C=O) groups excluding carboxylic acids is 1.